The summed E-state index contributed by atoms with van der Waals surface area (Å²) in [6.07, 6.45) is -5.74. The van der Waals surface area contributed by atoms with Gasteiger partial charge in [-0.25, -0.2) is 8.78 Å². The van der Waals surface area contributed by atoms with Crippen molar-refractivity contribution in [2.24, 2.45) is 0 Å². The predicted octanol–water partition coefficient (Wildman–Crippen LogP) is 8.03. The minimum atomic E-state index is -4.84. The lowest BCUT2D eigenvalue weighted by Crippen LogP contribution is -2.31. The van der Waals surface area contributed by atoms with Crippen LogP contribution >= 0.6 is 11.8 Å². The first-order valence-corrected chi connectivity index (χ1v) is 14.2. The van der Waals surface area contributed by atoms with Crippen molar-refractivity contribution in [3.8, 4) is 16.9 Å². The zero-order valence-corrected chi connectivity index (χ0v) is 23.7. The van der Waals surface area contributed by atoms with Crippen LogP contribution in [0.1, 0.15) is 52.5 Å². The third-order valence-electron chi connectivity index (χ3n) is 7.16. The van der Waals surface area contributed by atoms with Gasteiger partial charge in [0.1, 0.15) is 11.9 Å². The highest BCUT2D eigenvalue weighted by molar-refractivity contribution is 7.99. The highest BCUT2D eigenvalue weighted by Gasteiger charge is 2.38. The Hall–Kier alpha value is -3.92. The summed E-state index contributed by atoms with van der Waals surface area (Å²) in [4.78, 5) is 27.7. The van der Waals surface area contributed by atoms with Crippen molar-refractivity contribution in [1.29, 1.82) is 0 Å². The SMILES string of the molecule is Cc1c(Cc2c(F)cccc2C(F)(F)F)c2n(c(=O)c1-c1cccc(OC(C)C)c1F)C(C(=O)c1ccccc1)CS2. The summed E-state index contributed by atoms with van der Waals surface area (Å²) in [5.41, 5.74) is -1.91. The molecule has 0 bridgehead atoms. The number of hydrogen-bond acceptors (Lipinski definition) is 4. The Bertz CT molecular complexity index is 1730. The first kappa shape index (κ1) is 29.6. The maximum absolute atomic E-state index is 15.8. The Balaban J connectivity index is 1.79. The highest BCUT2D eigenvalue weighted by Crippen LogP contribution is 2.43. The zero-order chi connectivity index (χ0) is 30.3. The van der Waals surface area contributed by atoms with Crippen LogP contribution in [0.4, 0.5) is 22.0 Å². The van der Waals surface area contributed by atoms with Gasteiger partial charge in [0, 0.05) is 28.9 Å². The van der Waals surface area contributed by atoms with Crippen molar-refractivity contribution in [1.82, 2.24) is 4.57 Å². The number of pyridine rings is 1. The second-order valence-corrected chi connectivity index (χ2v) is 11.2. The van der Waals surface area contributed by atoms with Gasteiger partial charge in [-0.2, -0.15) is 13.2 Å². The summed E-state index contributed by atoms with van der Waals surface area (Å²) in [5.74, 6) is -2.23. The van der Waals surface area contributed by atoms with Crippen LogP contribution in [0.15, 0.2) is 76.6 Å². The number of Topliss-reactive ketones (excluding diaryl/α,β-unsaturated/α-hetero) is 1. The van der Waals surface area contributed by atoms with E-state index >= 15 is 8.78 Å². The first-order chi connectivity index (χ1) is 19.9. The fourth-order valence-corrected chi connectivity index (χ4v) is 6.61. The molecule has 4 nitrogen and oxygen atoms in total. The molecule has 0 amide bonds. The molecule has 1 atom stereocenters. The quantitative estimate of drug-likeness (QED) is 0.159. The number of ketones is 1. The smallest absolute Gasteiger partial charge is 0.416 e. The van der Waals surface area contributed by atoms with Gasteiger partial charge >= 0.3 is 6.18 Å². The van der Waals surface area contributed by atoms with E-state index < -0.39 is 47.0 Å². The fourth-order valence-electron chi connectivity index (χ4n) is 5.24. The van der Waals surface area contributed by atoms with Crippen molar-refractivity contribution >= 4 is 17.5 Å². The van der Waals surface area contributed by atoms with Gasteiger partial charge in [0.2, 0.25) is 0 Å². The molecule has 0 N–H and O–H groups in total. The van der Waals surface area contributed by atoms with E-state index in [0.29, 0.717) is 5.56 Å². The molecule has 0 radical (unpaired) electrons. The van der Waals surface area contributed by atoms with E-state index in [0.717, 1.165) is 30.0 Å². The Morgan fingerprint density at radius 1 is 1.00 bits per heavy atom. The van der Waals surface area contributed by atoms with Gasteiger partial charge < -0.3 is 4.74 Å². The van der Waals surface area contributed by atoms with E-state index in [-0.39, 0.29) is 50.7 Å². The van der Waals surface area contributed by atoms with E-state index in [1.54, 1.807) is 44.2 Å². The average Bonchev–Trinajstić information content (AvgIpc) is 3.38. The molecular formula is C32H26F5NO3S. The Morgan fingerprint density at radius 2 is 1.69 bits per heavy atom. The molecule has 0 saturated carbocycles. The number of halogens is 5. The molecule has 1 aliphatic heterocycles. The Morgan fingerprint density at radius 3 is 2.36 bits per heavy atom. The molecule has 5 rings (SSSR count). The number of carbonyl (C=O) groups excluding carboxylic acids is 1. The fraction of sp³-hybridized carbons (Fsp3) is 0.250. The molecule has 3 aromatic carbocycles. The maximum Gasteiger partial charge on any atom is 0.416 e. The van der Waals surface area contributed by atoms with Gasteiger partial charge in [-0.15, -0.1) is 11.8 Å². The number of nitrogens with zero attached hydrogens (tertiary/aromatic N) is 1. The van der Waals surface area contributed by atoms with Gasteiger partial charge in [0.05, 0.1) is 22.3 Å². The van der Waals surface area contributed by atoms with E-state index in [1.807, 2.05) is 0 Å². The number of ether oxygens (including phenoxy) is 1. The Kier molecular flexibility index (Phi) is 8.02. The van der Waals surface area contributed by atoms with Crippen LogP contribution in [0.2, 0.25) is 0 Å². The number of aromatic nitrogens is 1. The van der Waals surface area contributed by atoms with Crippen molar-refractivity contribution in [3.05, 3.63) is 117 Å². The summed E-state index contributed by atoms with van der Waals surface area (Å²) in [5, 5.41) is 0.252. The lowest BCUT2D eigenvalue weighted by Gasteiger charge is -2.22. The van der Waals surface area contributed by atoms with Crippen LogP contribution < -0.4 is 10.3 Å². The van der Waals surface area contributed by atoms with E-state index in [1.165, 1.54) is 29.7 Å². The normalized spacial score (nSPS) is 14.7. The summed E-state index contributed by atoms with van der Waals surface area (Å²) in [6.45, 7) is 4.93. The lowest BCUT2D eigenvalue weighted by atomic mass is 9.92. The molecular weight excluding hydrogens is 573 g/mol. The topological polar surface area (TPSA) is 48.3 Å². The van der Waals surface area contributed by atoms with Crippen molar-refractivity contribution in [2.45, 2.75) is 50.5 Å². The molecule has 42 heavy (non-hydrogen) atoms. The molecule has 0 aliphatic carbocycles. The molecule has 1 aromatic heterocycles. The van der Waals surface area contributed by atoms with Crippen LogP contribution in [0, 0.1) is 18.6 Å². The van der Waals surface area contributed by atoms with Gasteiger partial charge in [-0.05, 0) is 50.1 Å². The Labute approximate surface area is 243 Å². The third kappa shape index (κ3) is 5.35. The molecule has 0 spiro atoms. The number of alkyl halides is 3. The summed E-state index contributed by atoms with van der Waals surface area (Å²) >= 11 is 1.13. The van der Waals surface area contributed by atoms with Crippen LogP contribution in [-0.4, -0.2) is 22.2 Å². The maximum atomic E-state index is 15.8. The monoisotopic (exact) mass is 599 g/mol. The molecule has 4 aromatic rings. The first-order valence-electron chi connectivity index (χ1n) is 13.2. The molecule has 10 heteroatoms. The standard InChI is InChI=1S/C32H26F5NO3S/c1-17(2)41-26-14-7-11-20(28(26)34)27-18(3)21(15-22-23(32(35,36)37)12-8-13-24(22)33)31-38(30(27)40)25(16-42-31)29(39)19-9-5-4-6-10-19/h4-14,17,25H,15-16H2,1-3H3. The van der Waals surface area contributed by atoms with Crippen molar-refractivity contribution in [2.75, 3.05) is 5.75 Å². The summed E-state index contributed by atoms with van der Waals surface area (Å²) < 4.78 is 79.5. The third-order valence-corrected chi connectivity index (χ3v) is 8.36. The van der Waals surface area contributed by atoms with Gasteiger partial charge in [0.25, 0.3) is 5.56 Å². The second kappa shape index (κ2) is 11.4. The van der Waals surface area contributed by atoms with Crippen LogP contribution in [0.25, 0.3) is 11.1 Å². The van der Waals surface area contributed by atoms with Crippen LogP contribution in [0.5, 0.6) is 5.75 Å². The van der Waals surface area contributed by atoms with Crippen molar-refractivity contribution < 1.29 is 31.5 Å². The minimum absolute atomic E-state index is 0.104. The molecule has 0 saturated heterocycles. The zero-order valence-electron chi connectivity index (χ0n) is 22.9. The van der Waals surface area contributed by atoms with Gasteiger partial charge in [-0.3, -0.25) is 14.2 Å². The van der Waals surface area contributed by atoms with Crippen LogP contribution in [0.3, 0.4) is 0 Å². The number of rotatable bonds is 7. The number of carbonyl (C=O) groups is 1. The highest BCUT2D eigenvalue weighted by atomic mass is 32.2. The largest absolute Gasteiger partial charge is 0.488 e. The van der Waals surface area contributed by atoms with Gasteiger partial charge in [-0.1, -0.05) is 48.5 Å². The second-order valence-electron chi connectivity index (χ2n) is 10.2. The summed E-state index contributed by atoms with van der Waals surface area (Å²) in [7, 11) is 0. The molecule has 1 aliphatic rings. The molecule has 2 heterocycles. The van der Waals surface area contributed by atoms with E-state index in [4.69, 9.17) is 4.74 Å². The molecule has 0 fully saturated rings. The number of benzene rings is 3. The number of fused-ring (bicyclic) bond motifs is 1. The number of thioether (sulfide) groups is 1. The van der Waals surface area contributed by atoms with Crippen LogP contribution in [-0.2, 0) is 12.6 Å². The lowest BCUT2D eigenvalue weighted by molar-refractivity contribution is -0.138. The molecule has 1 unspecified atom stereocenters. The average molecular weight is 600 g/mol. The van der Waals surface area contributed by atoms with Crippen molar-refractivity contribution in [3.63, 3.8) is 0 Å². The van der Waals surface area contributed by atoms with E-state index in [2.05, 4.69) is 0 Å². The van der Waals surface area contributed by atoms with Gasteiger partial charge in [0.15, 0.2) is 17.3 Å². The van der Waals surface area contributed by atoms with E-state index in [9.17, 15) is 22.8 Å². The predicted molar refractivity (Wildman–Crippen MR) is 151 cm³/mol. The molecule has 218 valence electrons. The summed E-state index contributed by atoms with van der Waals surface area (Å²) in [6, 6.07) is 14.3. The minimum Gasteiger partial charge on any atom is -0.488 e. The number of hydrogen-bond donors (Lipinski definition) is 0.